The number of nitrogens with two attached hydrogens (primary N) is 1. The molecule has 0 fully saturated rings. The Kier molecular flexibility index (Phi) is 2.13. The molecule has 1 aromatic heterocycles. The van der Waals surface area contributed by atoms with Crippen molar-refractivity contribution in [2.45, 2.75) is 0 Å². The van der Waals surface area contributed by atoms with Gasteiger partial charge in [-0.15, -0.1) is 0 Å². The zero-order chi connectivity index (χ0) is 9.30. The summed E-state index contributed by atoms with van der Waals surface area (Å²) in [7, 11) is 0. The maximum absolute atomic E-state index is 10.8. The lowest BCUT2D eigenvalue weighted by Gasteiger charge is -1.95. The molecule has 1 rings (SSSR count). The highest BCUT2D eigenvalue weighted by Crippen LogP contribution is 2.04. The van der Waals surface area contributed by atoms with E-state index in [9.17, 15) is 14.4 Å². The molecule has 0 bridgehead atoms. The second-order valence-corrected chi connectivity index (χ2v) is 2.75. The predicted octanol–water partition coefficient (Wildman–Crippen LogP) is -1.08. The van der Waals surface area contributed by atoms with Crippen molar-refractivity contribution in [1.82, 2.24) is 9.97 Å². The van der Waals surface area contributed by atoms with Crippen LogP contribution in [0.2, 0.25) is 0 Å². The zero-order valence-electron chi connectivity index (χ0n) is 5.68. The van der Waals surface area contributed by atoms with Gasteiger partial charge in [0.05, 0.1) is 0 Å². The fourth-order valence-corrected chi connectivity index (χ4v) is 1.03. The van der Waals surface area contributed by atoms with Gasteiger partial charge in [-0.2, -0.15) is 0 Å². The van der Waals surface area contributed by atoms with E-state index in [-0.39, 0.29) is 10.2 Å². The van der Waals surface area contributed by atoms with Crippen LogP contribution in [0.5, 0.6) is 0 Å². The Labute approximate surface area is 73.9 Å². The summed E-state index contributed by atoms with van der Waals surface area (Å²) >= 11 is 2.80. The third-order valence-electron chi connectivity index (χ3n) is 1.13. The van der Waals surface area contributed by atoms with Gasteiger partial charge in [0.15, 0.2) is 0 Å². The lowest BCUT2D eigenvalue weighted by Crippen LogP contribution is -2.29. The second-order valence-electron chi connectivity index (χ2n) is 1.96. The average molecular weight is 234 g/mol. The number of aromatic amines is 2. The molecule has 1 aromatic rings. The topological polar surface area (TPSA) is 109 Å². The molecule has 4 N–H and O–H groups in total. The first-order valence-electron chi connectivity index (χ1n) is 2.84. The van der Waals surface area contributed by atoms with Gasteiger partial charge in [-0.1, -0.05) is 0 Å². The molecule has 0 saturated carbocycles. The molecule has 0 aliphatic rings. The largest absolute Gasteiger partial charge is 0.364 e. The Morgan fingerprint density at radius 2 is 1.92 bits per heavy atom. The molecule has 0 atom stereocenters. The zero-order valence-corrected chi connectivity index (χ0v) is 7.27. The van der Waals surface area contributed by atoms with Gasteiger partial charge in [0, 0.05) is 0 Å². The van der Waals surface area contributed by atoms with Crippen molar-refractivity contribution in [2.24, 2.45) is 5.73 Å². The summed E-state index contributed by atoms with van der Waals surface area (Å²) in [5, 5.41) is 0. The van der Waals surface area contributed by atoms with Crippen molar-refractivity contribution in [3.8, 4) is 0 Å². The standard InChI is InChI=1S/C5H4BrN3O3/c6-1-2(3(7)10)8-5(12)9-4(1)11/h(H2,7,10)(H2,8,9,11,12). The van der Waals surface area contributed by atoms with Crippen molar-refractivity contribution in [1.29, 1.82) is 0 Å². The molecule has 1 amide bonds. The van der Waals surface area contributed by atoms with E-state index in [1.165, 1.54) is 0 Å². The number of hydrogen-bond donors (Lipinski definition) is 3. The van der Waals surface area contributed by atoms with E-state index in [0.717, 1.165) is 0 Å². The lowest BCUT2D eigenvalue weighted by atomic mass is 10.4. The first-order chi connectivity index (χ1) is 5.52. The van der Waals surface area contributed by atoms with Crippen LogP contribution < -0.4 is 17.0 Å². The Balaban J connectivity index is 3.59. The Morgan fingerprint density at radius 1 is 1.33 bits per heavy atom. The number of carbonyl (C=O) groups excluding carboxylic acids is 1. The highest BCUT2D eigenvalue weighted by atomic mass is 79.9. The summed E-state index contributed by atoms with van der Waals surface area (Å²) in [6, 6.07) is 0. The van der Waals surface area contributed by atoms with Crippen LogP contribution in [-0.2, 0) is 0 Å². The van der Waals surface area contributed by atoms with E-state index < -0.39 is 17.2 Å². The number of aromatic nitrogens is 2. The van der Waals surface area contributed by atoms with Crippen LogP contribution in [-0.4, -0.2) is 15.9 Å². The summed E-state index contributed by atoms with van der Waals surface area (Å²) < 4.78 is -0.0744. The Morgan fingerprint density at radius 3 is 2.42 bits per heavy atom. The molecular formula is C5H4BrN3O3. The fourth-order valence-electron chi connectivity index (χ4n) is 0.641. The van der Waals surface area contributed by atoms with E-state index in [0.29, 0.717) is 0 Å². The van der Waals surface area contributed by atoms with Gasteiger partial charge in [0.1, 0.15) is 10.2 Å². The summed E-state index contributed by atoms with van der Waals surface area (Å²) in [6.07, 6.45) is 0. The molecule has 0 unspecified atom stereocenters. The van der Waals surface area contributed by atoms with Crippen molar-refractivity contribution < 1.29 is 4.79 Å². The summed E-state index contributed by atoms with van der Waals surface area (Å²) in [6.45, 7) is 0. The van der Waals surface area contributed by atoms with Gasteiger partial charge in [-0.05, 0) is 15.9 Å². The van der Waals surface area contributed by atoms with E-state index in [2.05, 4.69) is 20.9 Å². The van der Waals surface area contributed by atoms with Crippen LogP contribution in [0.1, 0.15) is 10.5 Å². The van der Waals surface area contributed by atoms with Gasteiger partial charge in [-0.25, -0.2) is 4.79 Å². The molecule has 0 aliphatic carbocycles. The number of nitrogens with one attached hydrogen (secondary N) is 2. The fraction of sp³-hybridized carbons (Fsp3) is 0. The molecule has 0 radical (unpaired) electrons. The normalized spacial score (nSPS) is 9.75. The second kappa shape index (κ2) is 2.94. The van der Waals surface area contributed by atoms with Crippen molar-refractivity contribution in [2.75, 3.05) is 0 Å². The van der Waals surface area contributed by atoms with Gasteiger partial charge >= 0.3 is 5.69 Å². The molecular weight excluding hydrogens is 230 g/mol. The van der Waals surface area contributed by atoms with Crippen LogP contribution in [0.3, 0.4) is 0 Å². The third-order valence-corrected chi connectivity index (χ3v) is 1.89. The third kappa shape index (κ3) is 1.45. The quantitative estimate of drug-likeness (QED) is 0.575. The number of amides is 1. The highest BCUT2D eigenvalue weighted by molar-refractivity contribution is 9.10. The molecule has 0 saturated heterocycles. The average Bonchev–Trinajstić information content (AvgIpc) is 1.96. The van der Waals surface area contributed by atoms with Crippen LogP contribution >= 0.6 is 15.9 Å². The maximum Gasteiger partial charge on any atom is 0.326 e. The molecule has 0 spiro atoms. The van der Waals surface area contributed by atoms with Crippen molar-refractivity contribution >= 4 is 21.8 Å². The minimum Gasteiger partial charge on any atom is -0.364 e. The van der Waals surface area contributed by atoms with E-state index >= 15 is 0 Å². The summed E-state index contributed by atoms with van der Waals surface area (Å²) in [5.41, 5.74) is 3.17. The number of halogens is 1. The number of H-pyrrole nitrogens is 2. The molecule has 7 heteroatoms. The highest BCUT2D eigenvalue weighted by Gasteiger charge is 2.10. The van der Waals surface area contributed by atoms with Gasteiger partial charge in [0.25, 0.3) is 11.5 Å². The minimum absolute atomic E-state index is 0.0744. The predicted molar refractivity (Wildman–Crippen MR) is 43.9 cm³/mol. The molecule has 0 aromatic carbocycles. The van der Waals surface area contributed by atoms with E-state index in [4.69, 9.17) is 5.73 Å². The number of primary amides is 1. The summed E-state index contributed by atoms with van der Waals surface area (Å²) in [4.78, 5) is 36.1. The van der Waals surface area contributed by atoms with Crippen LogP contribution in [0.4, 0.5) is 0 Å². The van der Waals surface area contributed by atoms with E-state index in [1.54, 1.807) is 0 Å². The van der Waals surface area contributed by atoms with Gasteiger partial charge in [-0.3, -0.25) is 14.6 Å². The monoisotopic (exact) mass is 233 g/mol. The van der Waals surface area contributed by atoms with Crippen LogP contribution in [0, 0.1) is 0 Å². The van der Waals surface area contributed by atoms with E-state index in [1.807, 2.05) is 4.98 Å². The SMILES string of the molecule is NC(=O)c1[nH]c(=O)[nH]c(=O)c1Br. The van der Waals surface area contributed by atoms with Gasteiger partial charge < -0.3 is 10.7 Å². The molecule has 12 heavy (non-hydrogen) atoms. The first-order valence-corrected chi connectivity index (χ1v) is 3.63. The molecule has 1 heterocycles. The molecule has 64 valence electrons. The number of hydrogen-bond acceptors (Lipinski definition) is 3. The first kappa shape index (κ1) is 8.72. The molecule has 6 nitrogen and oxygen atoms in total. The lowest BCUT2D eigenvalue weighted by molar-refractivity contribution is 0.0994. The Bertz CT molecular complexity index is 432. The van der Waals surface area contributed by atoms with Crippen LogP contribution in [0.15, 0.2) is 14.1 Å². The maximum atomic E-state index is 10.8. The minimum atomic E-state index is -0.870. The Hall–Kier alpha value is -1.37. The number of rotatable bonds is 1. The van der Waals surface area contributed by atoms with Gasteiger partial charge in [0.2, 0.25) is 0 Å². The summed E-state index contributed by atoms with van der Waals surface area (Å²) in [5.74, 6) is -0.870. The smallest absolute Gasteiger partial charge is 0.326 e. The molecule has 0 aliphatic heterocycles. The number of carbonyl (C=O) groups is 1. The van der Waals surface area contributed by atoms with Crippen LogP contribution in [0.25, 0.3) is 0 Å². The van der Waals surface area contributed by atoms with Crippen molar-refractivity contribution in [3.63, 3.8) is 0 Å². The van der Waals surface area contributed by atoms with Crippen molar-refractivity contribution in [3.05, 3.63) is 31.0 Å².